The molecule has 2 aliphatic carbocycles. The van der Waals surface area contributed by atoms with Gasteiger partial charge in [0.2, 0.25) is 0 Å². The molecule has 42 heavy (non-hydrogen) atoms. The number of benzene rings is 1. The highest BCUT2D eigenvalue weighted by Crippen LogP contribution is 2.47. The van der Waals surface area contributed by atoms with Crippen LogP contribution in [0.3, 0.4) is 0 Å². The number of para-hydroxylation sites is 2. The summed E-state index contributed by atoms with van der Waals surface area (Å²) in [5.74, 6) is 1.44. The van der Waals surface area contributed by atoms with Gasteiger partial charge in [0.05, 0.1) is 30.7 Å². The summed E-state index contributed by atoms with van der Waals surface area (Å²) >= 11 is 0. The number of ether oxygens (including phenoxy) is 1. The van der Waals surface area contributed by atoms with E-state index in [9.17, 15) is 14.7 Å². The Morgan fingerprint density at radius 2 is 1.67 bits per heavy atom. The van der Waals surface area contributed by atoms with Crippen molar-refractivity contribution in [1.29, 1.82) is 0 Å². The summed E-state index contributed by atoms with van der Waals surface area (Å²) in [5.41, 5.74) is 1.91. The molecule has 0 radical (unpaired) electrons. The van der Waals surface area contributed by atoms with E-state index in [1.165, 1.54) is 57.8 Å². The molecule has 1 aromatic carbocycles. The van der Waals surface area contributed by atoms with Gasteiger partial charge in [-0.15, -0.1) is 0 Å². The van der Waals surface area contributed by atoms with Crippen LogP contribution in [0, 0.1) is 11.8 Å². The Hall–Kier alpha value is -2.78. The molecular formula is C33H46N4O5. The van der Waals surface area contributed by atoms with Gasteiger partial charge in [0.1, 0.15) is 12.3 Å². The summed E-state index contributed by atoms with van der Waals surface area (Å²) in [6.45, 7) is 1.85. The first kappa shape index (κ1) is 29.3. The lowest BCUT2D eigenvalue weighted by Gasteiger charge is -2.55. The monoisotopic (exact) mass is 578 g/mol. The number of aliphatic hydroxyl groups is 1. The summed E-state index contributed by atoms with van der Waals surface area (Å²) in [6.07, 6.45) is 14.2. The maximum absolute atomic E-state index is 14.3. The lowest BCUT2D eigenvalue weighted by molar-refractivity contribution is -0.142. The van der Waals surface area contributed by atoms with E-state index in [-0.39, 0.29) is 55.9 Å². The number of nitrogens with zero attached hydrogens (tertiary/aromatic N) is 4. The van der Waals surface area contributed by atoms with Crippen LogP contribution >= 0.6 is 0 Å². The highest BCUT2D eigenvalue weighted by atomic mass is 16.6. The van der Waals surface area contributed by atoms with E-state index in [1.807, 2.05) is 28.8 Å². The predicted octanol–water partition coefficient (Wildman–Crippen LogP) is 4.98. The first-order chi connectivity index (χ1) is 20.6. The molecule has 9 heteroatoms. The fourth-order valence-corrected chi connectivity index (χ4v) is 8.67. The minimum Gasteiger partial charge on any atom is -0.466 e. The summed E-state index contributed by atoms with van der Waals surface area (Å²) in [6, 6.07) is 9.59. The van der Waals surface area contributed by atoms with Gasteiger partial charge in [-0.25, -0.2) is 4.98 Å². The largest absolute Gasteiger partial charge is 0.466 e. The topological polar surface area (TPSA) is 106 Å². The minimum absolute atomic E-state index is 0.00458. The third kappa shape index (κ3) is 6.13. The van der Waals surface area contributed by atoms with Crippen LogP contribution in [0.25, 0.3) is 11.0 Å². The van der Waals surface area contributed by atoms with E-state index in [1.54, 1.807) is 6.92 Å². The fraction of sp³-hybridized carbons (Fsp3) is 0.697. The molecule has 0 amide bonds. The smallest absolute Gasteiger partial charge is 0.306 e. The molecule has 0 spiro atoms. The number of piperidine rings is 2. The zero-order valence-corrected chi connectivity index (χ0v) is 25.0. The van der Waals surface area contributed by atoms with E-state index in [4.69, 9.17) is 14.6 Å². The summed E-state index contributed by atoms with van der Waals surface area (Å²) in [4.78, 5) is 39.5. The van der Waals surface area contributed by atoms with Crippen LogP contribution in [0.2, 0.25) is 0 Å². The lowest BCUT2D eigenvalue weighted by atomic mass is 9.68. The van der Waals surface area contributed by atoms with Gasteiger partial charge in [0.15, 0.2) is 5.69 Å². The standard InChI is InChI=1S/C33H46N4O5/c1-2-41-31(39)14-13-29(35-42-16-15-38)32-33(40)37(30-12-4-3-11-28(30)34-32)27-20-24-9-6-10-25(21-27)36(24)26-18-22-7-5-8-23(17-22)19-26/h3-4,11-12,22-27,38H,2,5-10,13-21H2,1H3/t22-,23?,24+,25?,26?,27-/m0/s1. The van der Waals surface area contributed by atoms with Crippen LogP contribution in [0.4, 0.5) is 0 Å². The normalized spacial score (nSPS) is 29.8. The average molecular weight is 579 g/mol. The highest BCUT2D eigenvalue weighted by molar-refractivity contribution is 6.00. The fourth-order valence-electron chi connectivity index (χ4n) is 8.67. The van der Waals surface area contributed by atoms with E-state index in [0.717, 1.165) is 35.7 Å². The zero-order valence-electron chi connectivity index (χ0n) is 25.0. The van der Waals surface area contributed by atoms with Gasteiger partial charge in [0, 0.05) is 30.6 Å². The predicted molar refractivity (Wildman–Crippen MR) is 161 cm³/mol. The number of fused-ring (bicyclic) bond motifs is 5. The molecule has 3 unspecified atom stereocenters. The number of aliphatic hydroxyl groups excluding tert-OH is 1. The van der Waals surface area contributed by atoms with Crippen molar-refractivity contribution in [3.8, 4) is 0 Å². The van der Waals surface area contributed by atoms with Crippen LogP contribution in [-0.2, 0) is 14.4 Å². The Morgan fingerprint density at radius 3 is 2.38 bits per heavy atom. The quantitative estimate of drug-likeness (QED) is 0.183. The number of carbonyl (C=O) groups is 1. The van der Waals surface area contributed by atoms with Crippen LogP contribution < -0.4 is 5.56 Å². The lowest BCUT2D eigenvalue weighted by Crippen LogP contribution is -2.58. The number of rotatable bonds is 10. The van der Waals surface area contributed by atoms with Gasteiger partial charge in [-0.1, -0.05) is 43.0 Å². The molecule has 6 atom stereocenters. The Morgan fingerprint density at radius 1 is 0.952 bits per heavy atom. The van der Waals surface area contributed by atoms with Crippen molar-refractivity contribution in [1.82, 2.24) is 14.5 Å². The van der Waals surface area contributed by atoms with Crippen molar-refractivity contribution < 1.29 is 19.5 Å². The van der Waals surface area contributed by atoms with Gasteiger partial charge < -0.3 is 19.2 Å². The van der Waals surface area contributed by atoms with Crippen molar-refractivity contribution in [3.63, 3.8) is 0 Å². The van der Waals surface area contributed by atoms with Crippen molar-refractivity contribution in [2.75, 3.05) is 19.8 Å². The second-order valence-corrected chi connectivity index (χ2v) is 12.9. The summed E-state index contributed by atoms with van der Waals surface area (Å²) < 4.78 is 7.09. The number of carbonyl (C=O) groups excluding carboxylic acids is 1. The van der Waals surface area contributed by atoms with Gasteiger partial charge in [0.25, 0.3) is 5.56 Å². The molecule has 9 nitrogen and oxygen atoms in total. The van der Waals surface area contributed by atoms with Crippen LogP contribution in [0.5, 0.6) is 0 Å². The first-order valence-electron chi connectivity index (χ1n) is 16.3. The van der Waals surface area contributed by atoms with Gasteiger partial charge in [-0.3, -0.25) is 14.5 Å². The first-order valence-corrected chi connectivity index (χ1v) is 16.3. The minimum atomic E-state index is -0.361. The molecule has 2 saturated carbocycles. The molecule has 4 aliphatic rings. The average Bonchev–Trinajstić information content (AvgIpc) is 2.98. The molecule has 6 rings (SSSR count). The summed E-state index contributed by atoms with van der Waals surface area (Å²) in [5, 5.41) is 13.4. The van der Waals surface area contributed by atoms with Gasteiger partial charge in [-0.2, -0.15) is 0 Å². The second kappa shape index (κ2) is 13.2. The molecular weight excluding hydrogens is 532 g/mol. The molecule has 3 heterocycles. The molecule has 4 bridgehead atoms. The number of aromatic nitrogens is 2. The zero-order chi connectivity index (χ0) is 29.1. The Labute approximate surface area is 248 Å². The molecule has 2 aromatic rings. The van der Waals surface area contributed by atoms with Crippen molar-refractivity contribution in [2.45, 2.75) is 115 Å². The Balaban J connectivity index is 1.32. The molecule has 228 valence electrons. The molecule has 2 saturated heterocycles. The van der Waals surface area contributed by atoms with Gasteiger partial charge >= 0.3 is 5.97 Å². The van der Waals surface area contributed by atoms with Crippen molar-refractivity contribution in [3.05, 3.63) is 40.3 Å². The molecule has 1 aromatic heterocycles. The van der Waals surface area contributed by atoms with Crippen LogP contribution in [0.1, 0.15) is 102 Å². The highest BCUT2D eigenvalue weighted by Gasteiger charge is 2.45. The van der Waals surface area contributed by atoms with Crippen molar-refractivity contribution >= 4 is 22.7 Å². The van der Waals surface area contributed by atoms with Crippen LogP contribution in [-0.4, -0.2) is 69.2 Å². The molecule has 2 aliphatic heterocycles. The Kier molecular flexibility index (Phi) is 9.24. The number of oxime groups is 1. The van der Waals surface area contributed by atoms with E-state index >= 15 is 0 Å². The third-order valence-electron chi connectivity index (χ3n) is 10.2. The molecule has 1 N–H and O–H groups in total. The van der Waals surface area contributed by atoms with Crippen LogP contribution in [0.15, 0.2) is 34.2 Å². The second-order valence-electron chi connectivity index (χ2n) is 12.9. The third-order valence-corrected chi connectivity index (χ3v) is 10.2. The van der Waals surface area contributed by atoms with E-state index < -0.39 is 0 Å². The van der Waals surface area contributed by atoms with Gasteiger partial charge in [-0.05, 0) is 75.8 Å². The van der Waals surface area contributed by atoms with Crippen molar-refractivity contribution in [2.24, 2.45) is 17.0 Å². The number of hydrogen-bond acceptors (Lipinski definition) is 8. The van der Waals surface area contributed by atoms with E-state index in [0.29, 0.717) is 23.8 Å². The maximum Gasteiger partial charge on any atom is 0.306 e. The number of esters is 1. The number of hydrogen-bond donors (Lipinski definition) is 1. The summed E-state index contributed by atoms with van der Waals surface area (Å²) in [7, 11) is 0. The maximum atomic E-state index is 14.3. The Bertz CT molecular complexity index is 1320. The SMILES string of the molecule is CCOC(=O)CCC(=NOCCO)c1nc2ccccc2n([C@@H]2CC3CCC[C@H](C2)N3C2CC3CCC[C@@H](C3)C2)c1=O. The van der Waals surface area contributed by atoms with E-state index in [2.05, 4.69) is 10.1 Å². The molecule has 4 fully saturated rings.